The summed E-state index contributed by atoms with van der Waals surface area (Å²) in [7, 11) is 0. The number of hydrogen-bond donors (Lipinski definition) is 4. The van der Waals surface area contributed by atoms with Crippen molar-refractivity contribution in [3.8, 4) is 5.75 Å². The van der Waals surface area contributed by atoms with Gasteiger partial charge in [0.15, 0.2) is 6.04 Å². The van der Waals surface area contributed by atoms with Crippen molar-refractivity contribution in [2.24, 2.45) is 5.73 Å². The van der Waals surface area contributed by atoms with Gasteiger partial charge in [0, 0.05) is 23.9 Å². The number of aliphatic carboxylic acids is 2. The quantitative estimate of drug-likeness (QED) is 0.241. The van der Waals surface area contributed by atoms with Gasteiger partial charge in [0.1, 0.15) is 24.0 Å². The van der Waals surface area contributed by atoms with E-state index in [0.717, 1.165) is 0 Å². The Kier molecular flexibility index (Phi) is 7.69. The second kappa shape index (κ2) is 10.2. The summed E-state index contributed by atoms with van der Waals surface area (Å²) in [6.07, 6.45) is -1.78. The number of ether oxygens (including phenoxy) is 2. The molecule has 0 bridgehead atoms. The SMILES string of the molecule is Cc1cc(=O)oc2cc(OC(=O)OC[C@H](NC(=O)CC[C@H](N)C(=O)O)C(=O)O)ccc12. The van der Waals surface area contributed by atoms with Crippen molar-refractivity contribution in [1.82, 2.24) is 5.32 Å². The average Bonchev–Trinajstić information content (AvgIpc) is 2.68. The normalized spacial score (nSPS) is 12.6. The van der Waals surface area contributed by atoms with E-state index in [1.54, 1.807) is 13.0 Å². The van der Waals surface area contributed by atoms with E-state index in [-0.39, 0.29) is 24.2 Å². The summed E-state index contributed by atoms with van der Waals surface area (Å²) >= 11 is 0. The first-order chi connectivity index (χ1) is 14.6. The molecule has 0 unspecified atom stereocenters. The number of fused-ring (bicyclic) bond motifs is 1. The van der Waals surface area contributed by atoms with Crippen LogP contribution in [0.2, 0.25) is 0 Å². The fraction of sp³-hybridized carbons (Fsp3) is 0.316. The Morgan fingerprint density at radius 3 is 2.52 bits per heavy atom. The van der Waals surface area contributed by atoms with E-state index < -0.39 is 48.3 Å². The monoisotopic (exact) mass is 436 g/mol. The van der Waals surface area contributed by atoms with Crippen molar-refractivity contribution >= 4 is 35.0 Å². The molecule has 2 rings (SSSR count). The molecule has 31 heavy (non-hydrogen) atoms. The molecule has 0 radical (unpaired) electrons. The van der Waals surface area contributed by atoms with Crippen LogP contribution in [0.5, 0.6) is 5.75 Å². The van der Waals surface area contributed by atoms with Gasteiger partial charge in [-0.15, -0.1) is 0 Å². The summed E-state index contributed by atoms with van der Waals surface area (Å²) in [5, 5.41) is 20.6. The number of carboxylic acids is 2. The van der Waals surface area contributed by atoms with E-state index in [0.29, 0.717) is 10.9 Å². The highest BCUT2D eigenvalue weighted by molar-refractivity contribution is 5.84. The van der Waals surface area contributed by atoms with Crippen molar-refractivity contribution in [3.63, 3.8) is 0 Å². The number of carbonyl (C=O) groups is 4. The van der Waals surface area contributed by atoms with E-state index in [1.807, 2.05) is 0 Å². The molecule has 2 atom stereocenters. The Balaban J connectivity index is 1.92. The second-order valence-electron chi connectivity index (χ2n) is 6.51. The molecule has 0 spiro atoms. The van der Waals surface area contributed by atoms with Crippen LogP contribution in [0.3, 0.4) is 0 Å². The van der Waals surface area contributed by atoms with Crippen LogP contribution in [-0.2, 0) is 19.1 Å². The predicted octanol–water partition coefficient (Wildman–Crippen LogP) is 0.378. The van der Waals surface area contributed by atoms with Gasteiger partial charge < -0.3 is 35.2 Å². The zero-order chi connectivity index (χ0) is 23.1. The molecule has 1 aromatic carbocycles. The number of hydrogen-bond acceptors (Lipinski definition) is 9. The van der Waals surface area contributed by atoms with Crippen LogP contribution in [0.15, 0.2) is 33.5 Å². The molecule has 12 heteroatoms. The molecular weight excluding hydrogens is 416 g/mol. The number of carboxylic acid groups (broad SMARTS) is 2. The summed E-state index contributed by atoms with van der Waals surface area (Å²) in [5.74, 6) is -3.56. The van der Waals surface area contributed by atoms with Crippen LogP contribution in [0.25, 0.3) is 11.0 Å². The number of nitrogens with one attached hydrogen (secondary N) is 1. The Bertz CT molecular complexity index is 1060. The van der Waals surface area contributed by atoms with Crippen LogP contribution in [0.4, 0.5) is 4.79 Å². The number of amides is 1. The lowest BCUT2D eigenvalue weighted by atomic mass is 10.1. The molecule has 1 aromatic heterocycles. The van der Waals surface area contributed by atoms with Gasteiger partial charge in [-0.1, -0.05) is 0 Å². The van der Waals surface area contributed by atoms with Crippen molar-refractivity contribution in [2.45, 2.75) is 31.8 Å². The molecule has 0 saturated carbocycles. The van der Waals surface area contributed by atoms with E-state index >= 15 is 0 Å². The van der Waals surface area contributed by atoms with Gasteiger partial charge in [0.05, 0.1) is 0 Å². The van der Waals surface area contributed by atoms with E-state index in [9.17, 15) is 24.0 Å². The number of benzene rings is 1. The lowest BCUT2D eigenvalue weighted by Crippen LogP contribution is -2.45. The van der Waals surface area contributed by atoms with Gasteiger partial charge in [-0.3, -0.25) is 9.59 Å². The third kappa shape index (κ3) is 6.82. The number of nitrogens with two attached hydrogens (primary N) is 1. The van der Waals surface area contributed by atoms with Crippen LogP contribution in [0.1, 0.15) is 18.4 Å². The first-order valence-electron chi connectivity index (χ1n) is 8.96. The van der Waals surface area contributed by atoms with Gasteiger partial charge >= 0.3 is 23.7 Å². The largest absolute Gasteiger partial charge is 0.513 e. The second-order valence-corrected chi connectivity index (χ2v) is 6.51. The van der Waals surface area contributed by atoms with Crippen LogP contribution < -0.4 is 21.4 Å². The first kappa shape index (κ1) is 23.3. The fourth-order valence-corrected chi connectivity index (χ4v) is 2.50. The predicted molar refractivity (Wildman–Crippen MR) is 104 cm³/mol. The van der Waals surface area contributed by atoms with Gasteiger partial charge in [0.2, 0.25) is 5.91 Å². The summed E-state index contributed by atoms with van der Waals surface area (Å²) in [6, 6.07) is 2.76. The maximum atomic E-state index is 11.9. The number of rotatable bonds is 9. The Hall–Kier alpha value is -3.93. The van der Waals surface area contributed by atoms with E-state index in [1.165, 1.54) is 18.2 Å². The Labute approximate surface area is 174 Å². The highest BCUT2D eigenvalue weighted by Gasteiger charge is 2.23. The van der Waals surface area contributed by atoms with E-state index in [4.69, 9.17) is 29.8 Å². The molecule has 5 N–H and O–H groups in total. The molecular formula is C19H20N2O10. The van der Waals surface area contributed by atoms with Crippen molar-refractivity contribution in [3.05, 3.63) is 40.2 Å². The fourth-order valence-electron chi connectivity index (χ4n) is 2.50. The minimum atomic E-state index is -1.58. The highest BCUT2D eigenvalue weighted by Crippen LogP contribution is 2.22. The van der Waals surface area contributed by atoms with Crippen LogP contribution in [0, 0.1) is 6.92 Å². The number of carbonyl (C=O) groups excluding carboxylic acids is 2. The molecule has 2 aromatic rings. The summed E-state index contributed by atoms with van der Waals surface area (Å²) < 4.78 is 14.7. The molecule has 0 aliphatic heterocycles. The smallest absolute Gasteiger partial charge is 0.480 e. The summed E-state index contributed by atoms with van der Waals surface area (Å²) in [6.45, 7) is 0.969. The molecule has 0 aliphatic carbocycles. The zero-order valence-corrected chi connectivity index (χ0v) is 16.3. The molecule has 166 valence electrons. The van der Waals surface area contributed by atoms with Gasteiger partial charge in [-0.25, -0.2) is 14.4 Å². The molecule has 12 nitrogen and oxygen atoms in total. The first-order valence-corrected chi connectivity index (χ1v) is 8.96. The van der Waals surface area contributed by atoms with Crippen molar-refractivity contribution in [1.29, 1.82) is 0 Å². The molecule has 0 saturated heterocycles. The van der Waals surface area contributed by atoms with Gasteiger partial charge in [-0.2, -0.15) is 0 Å². The number of aryl methyl sites for hydroxylation is 1. The van der Waals surface area contributed by atoms with Crippen molar-refractivity contribution < 1.29 is 43.3 Å². The molecule has 0 aliphatic rings. The lowest BCUT2D eigenvalue weighted by molar-refractivity contribution is -0.143. The minimum absolute atomic E-state index is 0.00943. The third-order valence-electron chi connectivity index (χ3n) is 4.12. The Morgan fingerprint density at radius 2 is 1.87 bits per heavy atom. The van der Waals surface area contributed by atoms with Crippen LogP contribution >= 0.6 is 0 Å². The van der Waals surface area contributed by atoms with Crippen molar-refractivity contribution in [2.75, 3.05) is 6.61 Å². The highest BCUT2D eigenvalue weighted by atomic mass is 16.7. The van der Waals surface area contributed by atoms with E-state index in [2.05, 4.69) is 5.32 Å². The zero-order valence-electron chi connectivity index (χ0n) is 16.3. The minimum Gasteiger partial charge on any atom is -0.480 e. The summed E-state index contributed by atoms with van der Waals surface area (Å²) in [5.41, 5.74) is 5.55. The maximum absolute atomic E-state index is 11.9. The van der Waals surface area contributed by atoms with Crippen LogP contribution in [-0.4, -0.2) is 52.9 Å². The Morgan fingerprint density at radius 1 is 1.16 bits per heavy atom. The van der Waals surface area contributed by atoms with Gasteiger partial charge in [-0.05, 0) is 31.0 Å². The molecule has 1 amide bonds. The third-order valence-corrected chi connectivity index (χ3v) is 4.12. The molecule has 1 heterocycles. The maximum Gasteiger partial charge on any atom is 0.513 e. The summed E-state index contributed by atoms with van der Waals surface area (Å²) in [4.78, 5) is 57.0. The van der Waals surface area contributed by atoms with Gasteiger partial charge in [0.25, 0.3) is 0 Å². The lowest BCUT2D eigenvalue weighted by Gasteiger charge is -2.15. The topological polar surface area (TPSA) is 195 Å². The standard InChI is InChI=1S/C19H20N2O10/c1-9-6-16(23)31-14-7-10(2-3-11(9)14)30-19(28)29-8-13(18(26)27)21-15(22)5-4-12(20)17(24)25/h2-3,6-7,12-13H,4-5,8,20H2,1H3,(H,21,22)(H,24,25)(H,26,27)/t12-,13-/m0/s1. The average molecular weight is 436 g/mol. The molecule has 0 fully saturated rings.